The van der Waals surface area contributed by atoms with Gasteiger partial charge in [0.05, 0.1) is 16.1 Å². The van der Waals surface area contributed by atoms with Gasteiger partial charge in [-0.2, -0.15) is 12.1 Å². The first-order valence-corrected chi connectivity index (χ1v) is 31.0. The molecule has 0 bridgehead atoms. The fourth-order valence-corrected chi connectivity index (χ4v) is 9.27. The van der Waals surface area contributed by atoms with Gasteiger partial charge in [-0.25, -0.2) is 0 Å². The second kappa shape index (κ2) is 18.3. The minimum Gasteiger partial charge on any atom is -1.00 e. The molecule has 50 heavy (non-hydrogen) atoms. The summed E-state index contributed by atoms with van der Waals surface area (Å²) in [4.78, 5) is 0. The summed E-state index contributed by atoms with van der Waals surface area (Å²) >= 11 is 1.74. The molecular formula is C44H54Cl2Si3Zr-2. The van der Waals surface area contributed by atoms with Crippen LogP contribution in [-0.2, 0) is 23.3 Å². The van der Waals surface area contributed by atoms with E-state index in [1.54, 1.807) is 28.9 Å². The number of hydrogen-bond donors (Lipinski definition) is 0. The summed E-state index contributed by atoms with van der Waals surface area (Å²) in [6, 6.07) is 41.3. The van der Waals surface area contributed by atoms with Crippen LogP contribution in [-0.4, -0.2) is 21.6 Å². The molecule has 0 nitrogen and oxygen atoms in total. The van der Waals surface area contributed by atoms with Crippen LogP contribution in [0.1, 0.15) is 42.7 Å². The summed E-state index contributed by atoms with van der Waals surface area (Å²) in [6.07, 6.45) is 5.54. The second-order valence-corrected chi connectivity index (χ2v) is 35.6. The molecule has 6 aromatic carbocycles. The first-order chi connectivity index (χ1) is 22.7. The smallest absolute Gasteiger partial charge is 0.0775 e. The zero-order chi connectivity index (χ0) is 34.6. The summed E-state index contributed by atoms with van der Waals surface area (Å²) in [7, 11) is -2.43. The predicted octanol–water partition coefficient (Wildman–Crippen LogP) is 6.30. The van der Waals surface area contributed by atoms with E-state index in [-0.39, 0.29) is 30.2 Å². The van der Waals surface area contributed by atoms with E-state index in [1.165, 1.54) is 85.4 Å². The number of benzene rings is 4. The number of aryl methyl sites for hydroxylation is 1. The van der Waals surface area contributed by atoms with Gasteiger partial charge in [0.15, 0.2) is 0 Å². The Morgan fingerprint density at radius 1 is 0.600 bits per heavy atom. The van der Waals surface area contributed by atoms with Crippen LogP contribution >= 0.6 is 0 Å². The number of fused-ring (bicyclic) bond motifs is 2. The third-order valence-corrected chi connectivity index (χ3v) is 13.7. The van der Waals surface area contributed by atoms with Crippen LogP contribution < -0.4 is 35.2 Å². The van der Waals surface area contributed by atoms with Crippen molar-refractivity contribution in [3.63, 3.8) is 0 Å². The Morgan fingerprint density at radius 3 is 1.42 bits per heavy atom. The largest absolute Gasteiger partial charge is 1.00 e. The van der Waals surface area contributed by atoms with Crippen molar-refractivity contribution in [1.29, 1.82) is 0 Å². The Bertz CT molecular complexity index is 1980. The summed E-state index contributed by atoms with van der Waals surface area (Å²) in [5, 5.41) is 8.60. The molecule has 1 aliphatic rings. The van der Waals surface area contributed by atoms with E-state index in [1.807, 2.05) is 0 Å². The molecule has 6 heteroatoms. The van der Waals surface area contributed by atoms with Crippen LogP contribution in [0.15, 0.2) is 109 Å². The van der Waals surface area contributed by atoms with Gasteiger partial charge in [-0.1, -0.05) is 141 Å². The monoisotopic (exact) mass is 826 g/mol. The minimum atomic E-state index is -1.22. The molecule has 1 aliphatic carbocycles. The van der Waals surface area contributed by atoms with Crippen molar-refractivity contribution in [3.05, 3.63) is 120 Å². The van der Waals surface area contributed by atoms with Crippen LogP contribution in [0.5, 0.6) is 0 Å². The molecule has 0 N–H and O–H groups in total. The van der Waals surface area contributed by atoms with Crippen molar-refractivity contribution in [2.75, 3.05) is 0 Å². The van der Waals surface area contributed by atoms with Gasteiger partial charge in [0, 0.05) is 0 Å². The SMILES string of the molecule is C[Si](C)(C)c1ccc(-c2cccc3[cH-]c(C4CCCC4)cc23)cc1.C[Si](C)=[Zr+2].Cc1cc2c(-c3ccc([Si](C)(C)C)cc3)cccc2[cH-]1.[Cl-].[Cl-]. The predicted molar refractivity (Wildman–Crippen MR) is 219 cm³/mol. The van der Waals surface area contributed by atoms with E-state index in [0.29, 0.717) is 0 Å². The topological polar surface area (TPSA) is 0 Å². The summed E-state index contributed by atoms with van der Waals surface area (Å²) in [6.45, 7) is 21.2. The molecule has 0 aromatic heterocycles. The molecule has 0 amide bonds. The van der Waals surface area contributed by atoms with Crippen molar-refractivity contribution in [3.8, 4) is 22.3 Å². The fraction of sp³-hybridized carbons (Fsp3) is 0.318. The van der Waals surface area contributed by atoms with Crippen LogP contribution in [0.4, 0.5) is 0 Å². The van der Waals surface area contributed by atoms with Crippen LogP contribution in [0.3, 0.4) is 0 Å². The Kier molecular flexibility index (Phi) is 15.6. The van der Waals surface area contributed by atoms with Crippen molar-refractivity contribution >= 4 is 53.5 Å². The summed E-state index contributed by atoms with van der Waals surface area (Å²) in [5.74, 6) is 0.791. The van der Waals surface area contributed by atoms with E-state index >= 15 is 0 Å². The second-order valence-electron chi connectivity index (χ2n) is 16.1. The van der Waals surface area contributed by atoms with Crippen molar-refractivity contribution in [2.24, 2.45) is 0 Å². The molecule has 6 aromatic rings. The van der Waals surface area contributed by atoms with Gasteiger partial charge in [-0.3, -0.25) is 0 Å². The van der Waals surface area contributed by atoms with Gasteiger partial charge in [-0.15, -0.1) is 69.1 Å². The third kappa shape index (κ3) is 10.9. The minimum absolute atomic E-state index is 0. The number of rotatable bonds is 5. The molecule has 0 heterocycles. The first-order valence-electron chi connectivity index (χ1n) is 17.8. The van der Waals surface area contributed by atoms with Gasteiger partial charge in [0.2, 0.25) is 0 Å². The Balaban J connectivity index is 0.000000239. The van der Waals surface area contributed by atoms with Gasteiger partial charge in [0.1, 0.15) is 0 Å². The molecule has 0 unspecified atom stereocenters. The van der Waals surface area contributed by atoms with E-state index in [9.17, 15) is 0 Å². The first kappa shape index (κ1) is 42.6. The quantitative estimate of drug-likeness (QED) is 0.142. The molecule has 1 fully saturated rings. The Morgan fingerprint density at radius 2 is 1.00 bits per heavy atom. The molecule has 0 saturated heterocycles. The zero-order valence-electron chi connectivity index (χ0n) is 31.6. The molecule has 0 spiro atoms. The van der Waals surface area contributed by atoms with Gasteiger partial charge >= 0.3 is 41.9 Å². The maximum Gasteiger partial charge on any atom is 0.0775 e. The fourth-order valence-electron chi connectivity index (χ4n) is 6.94. The Hall–Kier alpha value is -1.79. The standard InChI is InChI=1S/C23H27Si.C19H21Si.C2H6Si.2ClH.Zr/c1-24(2,3)21-13-11-18(12-14-21)22-10-6-9-19-15-20(16-23(19)22)17-7-4-5-8-17;1-14-12-16-6-5-7-18(19(16)13-14)15-8-10-17(11-9-15)20(2,3)4;1-3-2;;;/h6,9-17H,4-5,7-8H2,1-3H3;5-13H,1-4H3;1-2H3;2*1H;/q2*-1;;;;+2/p-2. The summed E-state index contributed by atoms with van der Waals surface area (Å²) in [5.41, 5.74) is 8.52. The Labute approximate surface area is 332 Å². The van der Waals surface area contributed by atoms with Crippen LogP contribution in [0.25, 0.3) is 43.8 Å². The maximum absolute atomic E-state index is 2.47. The van der Waals surface area contributed by atoms with Gasteiger partial charge in [-0.05, 0) is 29.9 Å². The number of hydrogen-bond acceptors (Lipinski definition) is 0. The van der Waals surface area contributed by atoms with E-state index in [4.69, 9.17) is 0 Å². The van der Waals surface area contributed by atoms with Crippen LogP contribution in [0.2, 0.25) is 52.4 Å². The van der Waals surface area contributed by atoms with Crippen molar-refractivity contribution < 1.29 is 48.1 Å². The average molecular weight is 829 g/mol. The molecule has 0 radical (unpaired) electrons. The van der Waals surface area contributed by atoms with E-state index in [2.05, 4.69) is 168 Å². The van der Waals surface area contributed by atoms with Crippen molar-refractivity contribution in [1.82, 2.24) is 0 Å². The zero-order valence-corrected chi connectivity index (χ0v) is 38.5. The van der Waals surface area contributed by atoms with Gasteiger partial charge < -0.3 is 24.8 Å². The van der Waals surface area contributed by atoms with E-state index < -0.39 is 16.1 Å². The van der Waals surface area contributed by atoms with E-state index in [0.717, 1.165) is 5.92 Å². The molecular weight excluding hydrogens is 775 g/mol. The average Bonchev–Trinajstić information content (AvgIpc) is 3.79. The molecule has 0 aliphatic heterocycles. The molecule has 0 atom stereocenters. The van der Waals surface area contributed by atoms with Crippen LogP contribution in [0, 0.1) is 6.92 Å². The molecule has 1 saturated carbocycles. The maximum atomic E-state index is 2.47. The normalized spacial score (nSPS) is 13.1. The van der Waals surface area contributed by atoms with Gasteiger partial charge in [0.25, 0.3) is 0 Å². The number of halogens is 2. The van der Waals surface area contributed by atoms with Crippen molar-refractivity contribution in [2.45, 2.75) is 90.9 Å². The summed E-state index contributed by atoms with van der Waals surface area (Å²) < 4.78 is 0. The molecule has 262 valence electrons. The third-order valence-electron chi connectivity index (χ3n) is 9.62. The molecule has 7 rings (SSSR count).